The van der Waals surface area contributed by atoms with Gasteiger partial charge in [-0.15, -0.1) is 0 Å². The highest BCUT2D eigenvalue weighted by Gasteiger charge is 2.29. The lowest BCUT2D eigenvalue weighted by molar-refractivity contribution is 0.102. The van der Waals surface area contributed by atoms with Crippen molar-refractivity contribution in [3.8, 4) is 5.75 Å². The largest absolute Gasteiger partial charge is 0.511 e. The van der Waals surface area contributed by atoms with E-state index in [9.17, 15) is 15.0 Å². The van der Waals surface area contributed by atoms with Crippen LogP contribution in [0, 0.1) is 0 Å². The number of allylic oxidation sites excluding steroid dienone is 4. The van der Waals surface area contributed by atoms with Gasteiger partial charge in [0.25, 0.3) is 0 Å². The first kappa shape index (κ1) is 9.90. The zero-order valence-electron chi connectivity index (χ0n) is 8.97. The van der Waals surface area contributed by atoms with Gasteiger partial charge in [0.15, 0.2) is 0 Å². The van der Waals surface area contributed by atoms with E-state index in [1.54, 1.807) is 18.2 Å². The van der Waals surface area contributed by atoms with Crippen molar-refractivity contribution in [2.75, 3.05) is 0 Å². The zero-order valence-corrected chi connectivity index (χ0v) is 8.97. The molecule has 1 aromatic carbocycles. The van der Waals surface area contributed by atoms with Gasteiger partial charge < -0.3 is 10.2 Å². The summed E-state index contributed by atoms with van der Waals surface area (Å²) < 4.78 is 0. The number of benzene rings is 1. The van der Waals surface area contributed by atoms with Crippen LogP contribution in [0.2, 0.25) is 0 Å². The van der Waals surface area contributed by atoms with Gasteiger partial charge in [0.2, 0.25) is 5.78 Å². The van der Waals surface area contributed by atoms with Crippen LogP contribution in [0.4, 0.5) is 0 Å². The Labute approximate surface area is 98.0 Å². The number of hydrogen-bond donors (Lipinski definition) is 2. The molecule has 2 aliphatic carbocycles. The Hall–Kier alpha value is -2.29. The lowest BCUT2D eigenvalue weighted by atomic mass is 9.83. The molecule has 0 radical (unpaired) electrons. The van der Waals surface area contributed by atoms with Crippen molar-refractivity contribution in [3.05, 3.63) is 58.4 Å². The monoisotopic (exact) mass is 226 g/mol. The Balaban J connectivity index is 2.33. The van der Waals surface area contributed by atoms with Gasteiger partial charge in [-0.2, -0.15) is 0 Å². The molecule has 0 fully saturated rings. The number of aliphatic hydroxyl groups excluding tert-OH is 1. The van der Waals surface area contributed by atoms with E-state index in [0.717, 1.165) is 0 Å². The Bertz CT molecular complexity index is 618. The molecule has 0 unspecified atom stereocenters. The van der Waals surface area contributed by atoms with Crippen LogP contribution < -0.4 is 0 Å². The molecule has 3 rings (SSSR count). The van der Waals surface area contributed by atoms with Gasteiger partial charge in [-0.25, -0.2) is 0 Å². The number of phenols is 1. The number of aromatic hydroxyl groups is 1. The maximum absolute atomic E-state index is 12.2. The number of phenolic OH excluding ortho intramolecular Hbond substituents is 1. The maximum atomic E-state index is 12.2. The van der Waals surface area contributed by atoms with Crippen LogP contribution in [0.3, 0.4) is 0 Å². The SMILES string of the molecule is O=C1C2=C(O)CC=CC2=Cc2cccc(O)c21. The predicted molar refractivity (Wildman–Crippen MR) is 63.8 cm³/mol. The minimum Gasteiger partial charge on any atom is -0.511 e. The highest BCUT2D eigenvalue weighted by atomic mass is 16.3. The van der Waals surface area contributed by atoms with Gasteiger partial charge in [-0.3, -0.25) is 4.79 Å². The molecule has 0 bridgehead atoms. The second-order valence-electron chi connectivity index (χ2n) is 4.10. The second kappa shape index (κ2) is 3.35. The Kier molecular flexibility index (Phi) is 1.95. The molecule has 84 valence electrons. The van der Waals surface area contributed by atoms with Crippen molar-refractivity contribution in [1.29, 1.82) is 0 Å². The predicted octanol–water partition coefficient (Wildman–Crippen LogP) is 2.74. The number of carbonyl (C=O) groups excluding carboxylic acids is 1. The smallest absolute Gasteiger partial charge is 0.201 e. The Morgan fingerprint density at radius 1 is 1.18 bits per heavy atom. The molecule has 0 aromatic heterocycles. The molecular formula is C14H10O3. The fourth-order valence-electron chi connectivity index (χ4n) is 2.25. The minimum absolute atomic E-state index is 0.0438. The second-order valence-corrected chi connectivity index (χ2v) is 4.10. The van der Waals surface area contributed by atoms with Crippen molar-refractivity contribution in [2.45, 2.75) is 6.42 Å². The molecule has 3 nitrogen and oxygen atoms in total. The van der Waals surface area contributed by atoms with E-state index < -0.39 is 0 Å². The molecule has 2 aliphatic rings. The van der Waals surface area contributed by atoms with E-state index in [1.165, 1.54) is 6.07 Å². The van der Waals surface area contributed by atoms with E-state index in [4.69, 9.17) is 0 Å². The Morgan fingerprint density at radius 2 is 2.00 bits per heavy atom. The minimum atomic E-state index is -0.308. The summed E-state index contributed by atoms with van der Waals surface area (Å²) in [6.45, 7) is 0. The molecule has 3 heteroatoms. The van der Waals surface area contributed by atoms with Crippen molar-refractivity contribution < 1.29 is 15.0 Å². The molecule has 1 aromatic rings. The van der Waals surface area contributed by atoms with Crippen molar-refractivity contribution in [3.63, 3.8) is 0 Å². The van der Waals surface area contributed by atoms with Crippen LogP contribution in [0.1, 0.15) is 22.3 Å². The number of fused-ring (bicyclic) bond motifs is 2. The third kappa shape index (κ3) is 1.32. The van der Waals surface area contributed by atoms with Gasteiger partial charge in [-0.1, -0.05) is 24.3 Å². The van der Waals surface area contributed by atoms with Gasteiger partial charge in [-0.05, 0) is 23.3 Å². The van der Waals surface area contributed by atoms with Gasteiger partial charge >= 0.3 is 0 Å². The average Bonchev–Trinajstić information content (AvgIpc) is 2.28. The fourth-order valence-corrected chi connectivity index (χ4v) is 2.25. The summed E-state index contributed by atoms with van der Waals surface area (Å²) >= 11 is 0. The highest BCUT2D eigenvalue weighted by molar-refractivity contribution is 6.19. The summed E-state index contributed by atoms with van der Waals surface area (Å²) in [5.41, 5.74) is 1.97. The molecule has 0 saturated heterocycles. The Morgan fingerprint density at radius 3 is 2.82 bits per heavy atom. The van der Waals surface area contributed by atoms with Crippen LogP contribution in [-0.4, -0.2) is 16.0 Å². The van der Waals surface area contributed by atoms with E-state index >= 15 is 0 Å². The topological polar surface area (TPSA) is 57.5 Å². The standard InChI is InChI=1S/C14H10O3/c15-10-5-1-3-8-7-9-4-2-6-11(16)13(9)14(17)12(8)10/h1-5,7,15-16H,6H2. The van der Waals surface area contributed by atoms with Crippen LogP contribution in [0.5, 0.6) is 5.75 Å². The number of hydrogen-bond acceptors (Lipinski definition) is 3. The number of ketones is 1. The molecule has 0 heterocycles. The lowest BCUT2D eigenvalue weighted by Crippen LogP contribution is -2.15. The molecule has 0 atom stereocenters. The first-order chi connectivity index (χ1) is 8.18. The molecule has 0 saturated carbocycles. The fraction of sp³-hybridized carbons (Fsp3) is 0.0714. The zero-order chi connectivity index (χ0) is 12.0. The van der Waals surface area contributed by atoms with Crippen LogP contribution in [-0.2, 0) is 0 Å². The first-order valence-corrected chi connectivity index (χ1v) is 5.36. The molecule has 2 N–H and O–H groups in total. The molecule has 0 aliphatic heterocycles. The lowest BCUT2D eigenvalue weighted by Gasteiger charge is -2.20. The third-order valence-corrected chi connectivity index (χ3v) is 3.03. The van der Waals surface area contributed by atoms with E-state index in [1.807, 2.05) is 12.2 Å². The van der Waals surface area contributed by atoms with Gasteiger partial charge in [0, 0.05) is 6.42 Å². The van der Waals surface area contributed by atoms with Crippen molar-refractivity contribution >= 4 is 11.9 Å². The number of carbonyl (C=O) groups is 1. The van der Waals surface area contributed by atoms with Crippen molar-refractivity contribution in [1.82, 2.24) is 0 Å². The summed E-state index contributed by atoms with van der Waals surface area (Å²) in [5, 5.41) is 19.5. The molecular weight excluding hydrogens is 216 g/mol. The first-order valence-electron chi connectivity index (χ1n) is 5.36. The van der Waals surface area contributed by atoms with E-state index in [2.05, 4.69) is 0 Å². The molecule has 0 amide bonds. The van der Waals surface area contributed by atoms with Gasteiger partial charge in [0.05, 0.1) is 11.1 Å². The summed E-state index contributed by atoms with van der Waals surface area (Å²) in [4.78, 5) is 12.2. The normalized spacial score (nSPS) is 17.6. The van der Waals surface area contributed by atoms with Crippen LogP contribution >= 0.6 is 0 Å². The third-order valence-electron chi connectivity index (χ3n) is 3.03. The quantitative estimate of drug-likeness (QED) is 0.715. The van der Waals surface area contributed by atoms with Gasteiger partial charge in [0.1, 0.15) is 11.5 Å². The average molecular weight is 226 g/mol. The summed E-state index contributed by atoms with van der Waals surface area (Å²) in [6, 6.07) is 4.95. The highest BCUT2D eigenvalue weighted by Crippen LogP contribution is 2.37. The van der Waals surface area contributed by atoms with Crippen LogP contribution in [0.25, 0.3) is 6.08 Å². The summed E-state index contributed by atoms with van der Waals surface area (Å²) in [6.07, 6.45) is 5.80. The number of Topliss-reactive ketones (excluding diaryl/α,β-unsaturated/α-hetero) is 1. The van der Waals surface area contributed by atoms with E-state index in [0.29, 0.717) is 23.1 Å². The van der Waals surface area contributed by atoms with E-state index in [-0.39, 0.29) is 22.9 Å². The number of aliphatic hydroxyl groups is 1. The molecule has 17 heavy (non-hydrogen) atoms. The number of rotatable bonds is 0. The van der Waals surface area contributed by atoms with Crippen LogP contribution in [0.15, 0.2) is 47.3 Å². The maximum Gasteiger partial charge on any atom is 0.201 e. The summed E-state index contributed by atoms with van der Waals surface area (Å²) in [5.74, 6) is -0.284. The molecule has 0 spiro atoms. The van der Waals surface area contributed by atoms with Crippen molar-refractivity contribution in [2.24, 2.45) is 0 Å². The summed E-state index contributed by atoms with van der Waals surface area (Å²) in [7, 11) is 0.